The quantitative estimate of drug-likeness (QED) is 0.761. The molecule has 4 rings (SSSR count). The number of carbonyl (C=O) groups is 1. The van der Waals surface area contributed by atoms with Crippen LogP contribution in [-0.4, -0.2) is 57.0 Å². The van der Waals surface area contributed by atoms with E-state index in [1.807, 2.05) is 0 Å². The van der Waals surface area contributed by atoms with Gasteiger partial charge in [0.25, 0.3) is 5.91 Å². The van der Waals surface area contributed by atoms with Gasteiger partial charge in [0, 0.05) is 25.8 Å². The lowest BCUT2D eigenvalue weighted by atomic mass is 9.99. The first-order valence-electron chi connectivity index (χ1n) is 8.53. The highest BCUT2D eigenvalue weighted by Crippen LogP contribution is 2.26. The number of nitrogens with one attached hydrogen (secondary N) is 1. The zero-order valence-electron chi connectivity index (χ0n) is 13.9. The highest BCUT2D eigenvalue weighted by atomic mass is 16.1. The minimum atomic E-state index is -0.101. The van der Waals surface area contributed by atoms with E-state index in [-0.39, 0.29) is 5.91 Å². The summed E-state index contributed by atoms with van der Waals surface area (Å²) in [6, 6.07) is 14.1. The molecule has 128 valence electrons. The van der Waals surface area contributed by atoms with E-state index in [4.69, 9.17) is 0 Å². The number of tetrazole rings is 1. The van der Waals surface area contributed by atoms with E-state index in [0.717, 1.165) is 19.6 Å². The smallest absolute Gasteiger partial charge is 0.252 e. The predicted octanol–water partition coefficient (Wildman–Crippen LogP) is 1.34. The number of hydrogen-bond donors (Lipinski definition) is 1. The van der Waals surface area contributed by atoms with Gasteiger partial charge in [-0.2, -0.15) is 4.52 Å². The van der Waals surface area contributed by atoms with E-state index in [1.54, 1.807) is 18.3 Å². The Hall–Kier alpha value is -2.80. The molecule has 1 atom stereocenters. The van der Waals surface area contributed by atoms with Crippen molar-refractivity contribution >= 4 is 11.6 Å². The molecule has 1 aliphatic rings. The van der Waals surface area contributed by atoms with Crippen LogP contribution in [-0.2, 0) is 0 Å². The zero-order valence-corrected chi connectivity index (χ0v) is 13.9. The van der Waals surface area contributed by atoms with E-state index >= 15 is 0 Å². The molecular formula is C18H20N6O. The Morgan fingerprint density at radius 1 is 1.20 bits per heavy atom. The third kappa shape index (κ3) is 3.51. The fraction of sp³-hybridized carbons (Fsp3) is 0.333. The molecule has 1 saturated heterocycles. The van der Waals surface area contributed by atoms with Crippen LogP contribution in [0.4, 0.5) is 0 Å². The summed E-state index contributed by atoms with van der Waals surface area (Å²) in [4.78, 5) is 14.7. The minimum Gasteiger partial charge on any atom is -0.351 e. The summed E-state index contributed by atoms with van der Waals surface area (Å²) in [6.45, 7) is 3.62. The van der Waals surface area contributed by atoms with Gasteiger partial charge in [0.2, 0.25) is 0 Å². The molecule has 0 saturated carbocycles. The normalized spacial score (nSPS) is 17.8. The summed E-state index contributed by atoms with van der Waals surface area (Å²) in [5.74, 6) is 0.496. The summed E-state index contributed by atoms with van der Waals surface area (Å²) >= 11 is 0. The molecule has 0 radical (unpaired) electrons. The molecule has 0 spiro atoms. The third-order valence-corrected chi connectivity index (χ3v) is 4.71. The molecule has 1 aliphatic heterocycles. The van der Waals surface area contributed by atoms with Crippen LogP contribution in [0.3, 0.4) is 0 Å². The molecule has 0 unspecified atom stereocenters. The minimum absolute atomic E-state index is 0.101. The Kier molecular flexibility index (Phi) is 4.39. The van der Waals surface area contributed by atoms with Crippen LogP contribution in [0, 0.1) is 0 Å². The van der Waals surface area contributed by atoms with Gasteiger partial charge >= 0.3 is 0 Å². The largest absolute Gasteiger partial charge is 0.351 e. The molecule has 7 nitrogen and oxygen atoms in total. The van der Waals surface area contributed by atoms with Crippen molar-refractivity contribution in [3.8, 4) is 0 Å². The Balaban J connectivity index is 1.27. The maximum Gasteiger partial charge on any atom is 0.252 e. The van der Waals surface area contributed by atoms with E-state index in [2.05, 4.69) is 56.1 Å². The van der Waals surface area contributed by atoms with Crippen LogP contribution in [0.25, 0.3) is 5.65 Å². The molecule has 0 bridgehead atoms. The van der Waals surface area contributed by atoms with Gasteiger partial charge in [0.1, 0.15) is 0 Å². The average Bonchev–Trinajstić information content (AvgIpc) is 3.31. The highest BCUT2D eigenvalue weighted by molar-refractivity contribution is 5.94. The van der Waals surface area contributed by atoms with Crippen LogP contribution in [0.1, 0.15) is 28.3 Å². The second-order valence-corrected chi connectivity index (χ2v) is 6.35. The summed E-state index contributed by atoms with van der Waals surface area (Å²) in [7, 11) is 0. The van der Waals surface area contributed by atoms with Crippen molar-refractivity contribution < 1.29 is 4.79 Å². The average molecular weight is 336 g/mol. The molecule has 3 aromatic rings. The summed E-state index contributed by atoms with van der Waals surface area (Å²) in [5, 5.41) is 14.2. The lowest BCUT2D eigenvalue weighted by Crippen LogP contribution is -2.33. The molecule has 1 fully saturated rings. The number of hydrogen-bond acceptors (Lipinski definition) is 5. The molecule has 1 amide bonds. The fourth-order valence-electron chi connectivity index (χ4n) is 3.34. The molecule has 0 aliphatic carbocycles. The van der Waals surface area contributed by atoms with Crippen LogP contribution >= 0.6 is 0 Å². The van der Waals surface area contributed by atoms with Crippen molar-refractivity contribution in [2.75, 3.05) is 26.2 Å². The summed E-state index contributed by atoms with van der Waals surface area (Å²) < 4.78 is 1.50. The van der Waals surface area contributed by atoms with Crippen molar-refractivity contribution in [2.45, 2.75) is 12.3 Å². The Morgan fingerprint density at radius 3 is 2.96 bits per heavy atom. The standard InChI is InChI=1S/C18H20N6O/c25-18(16-6-7-17-20-21-22-24(17)13-16)19-9-11-23-10-8-15(12-23)14-4-2-1-3-5-14/h1-7,13,15H,8-12H2,(H,19,25)/t15-/m0/s1. The molecule has 3 heterocycles. The van der Waals surface area contributed by atoms with Crippen molar-refractivity contribution in [3.63, 3.8) is 0 Å². The molecule has 7 heteroatoms. The monoisotopic (exact) mass is 336 g/mol. The van der Waals surface area contributed by atoms with E-state index in [0.29, 0.717) is 23.7 Å². The van der Waals surface area contributed by atoms with E-state index < -0.39 is 0 Å². The highest BCUT2D eigenvalue weighted by Gasteiger charge is 2.23. The van der Waals surface area contributed by atoms with Gasteiger partial charge in [0.05, 0.1) is 5.56 Å². The third-order valence-electron chi connectivity index (χ3n) is 4.71. The lowest BCUT2D eigenvalue weighted by Gasteiger charge is -2.16. The molecular weight excluding hydrogens is 316 g/mol. The molecule has 1 N–H and O–H groups in total. The molecule has 2 aromatic heterocycles. The second kappa shape index (κ2) is 6.98. The number of rotatable bonds is 5. The first-order valence-corrected chi connectivity index (χ1v) is 8.53. The second-order valence-electron chi connectivity index (χ2n) is 6.35. The number of nitrogens with zero attached hydrogens (tertiary/aromatic N) is 5. The van der Waals surface area contributed by atoms with Crippen molar-refractivity contribution in [3.05, 3.63) is 59.8 Å². The number of carbonyl (C=O) groups excluding carboxylic acids is 1. The zero-order chi connectivity index (χ0) is 17.1. The summed E-state index contributed by atoms with van der Waals surface area (Å²) in [6.07, 6.45) is 2.82. The van der Waals surface area contributed by atoms with E-state index in [1.165, 1.54) is 16.5 Å². The van der Waals surface area contributed by atoms with Gasteiger partial charge in [-0.1, -0.05) is 30.3 Å². The molecule has 25 heavy (non-hydrogen) atoms. The molecule has 1 aromatic carbocycles. The number of amides is 1. The van der Waals surface area contributed by atoms with Crippen LogP contribution < -0.4 is 5.32 Å². The fourth-order valence-corrected chi connectivity index (χ4v) is 3.34. The van der Waals surface area contributed by atoms with Crippen LogP contribution in [0.15, 0.2) is 48.7 Å². The Morgan fingerprint density at radius 2 is 2.08 bits per heavy atom. The Labute approximate surface area is 145 Å². The number of aromatic nitrogens is 4. The van der Waals surface area contributed by atoms with Gasteiger partial charge in [-0.3, -0.25) is 4.79 Å². The number of likely N-dealkylation sites (tertiary alicyclic amines) is 1. The first-order chi connectivity index (χ1) is 12.3. The van der Waals surface area contributed by atoms with Crippen molar-refractivity contribution in [1.82, 2.24) is 30.3 Å². The van der Waals surface area contributed by atoms with Crippen LogP contribution in [0.5, 0.6) is 0 Å². The van der Waals surface area contributed by atoms with E-state index in [9.17, 15) is 4.79 Å². The number of benzene rings is 1. The van der Waals surface area contributed by atoms with Gasteiger partial charge in [-0.05, 0) is 47.0 Å². The van der Waals surface area contributed by atoms with Crippen LogP contribution in [0.2, 0.25) is 0 Å². The van der Waals surface area contributed by atoms with Gasteiger partial charge in [-0.25, -0.2) is 0 Å². The van der Waals surface area contributed by atoms with Gasteiger partial charge in [0.15, 0.2) is 5.65 Å². The van der Waals surface area contributed by atoms with Crippen molar-refractivity contribution in [1.29, 1.82) is 0 Å². The SMILES string of the molecule is O=C(NCCN1CC[C@H](c2ccccc2)C1)c1ccc2nnnn2c1. The maximum atomic E-state index is 12.3. The lowest BCUT2D eigenvalue weighted by molar-refractivity contribution is 0.0949. The number of fused-ring (bicyclic) bond motifs is 1. The summed E-state index contributed by atoms with van der Waals surface area (Å²) in [5.41, 5.74) is 2.59. The first kappa shape index (κ1) is 15.7. The Bertz CT molecular complexity index is 862. The number of pyridine rings is 1. The maximum absolute atomic E-state index is 12.3. The van der Waals surface area contributed by atoms with Gasteiger partial charge in [-0.15, -0.1) is 5.10 Å². The van der Waals surface area contributed by atoms with Gasteiger partial charge < -0.3 is 10.2 Å². The van der Waals surface area contributed by atoms with Crippen molar-refractivity contribution in [2.24, 2.45) is 0 Å². The topological polar surface area (TPSA) is 75.4 Å². The predicted molar refractivity (Wildman–Crippen MR) is 93.4 cm³/mol.